The lowest BCUT2D eigenvalue weighted by atomic mass is 10.1. The van der Waals surface area contributed by atoms with Crippen molar-refractivity contribution in [1.82, 2.24) is 10.2 Å². The molecule has 5 heteroatoms. The number of carbonyl (C=O) groups is 1. The van der Waals surface area contributed by atoms with Crippen LogP contribution < -0.4 is 10.6 Å². The van der Waals surface area contributed by atoms with Gasteiger partial charge in [-0.15, -0.1) is 0 Å². The van der Waals surface area contributed by atoms with Gasteiger partial charge in [-0.05, 0) is 37.3 Å². The number of aryl methyl sites for hydroxylation is 2. The zero-order chi connectivity index (χ0) is 14.5. The van der Waals surface area contributed by atoms with Gasteiger partial charge in [0, 0.05) is 18.8 Å². The van der Waals surface area contributed by atoms with E-state index in [2.05, 4.69) is 17.6 Å². The summed E-state index contributed by atoms with van der Waals surface area (Å²) >= 11 is 0. The standard InChI is InChI=1S/C15H22N4O/c1-3-12-8-6-7-11(2)13(12)17-15(20)18-14(16)19-9-4-5-10-19/h6-8H,3-5,9-10H2,1-2H3,(H3,16,17,18,20). The van der Waals surface area contributed by atoms with E-state index in [1.165, 1.54) is 0 Å². The number of urea groups is 1. The maximum atomic E-state index is 12.0. The van der Waals surface area contributed by atoms with E-state index < -0.39 is 0 Å². The van der Waals surface area contributed by atoms with Crippen molar-refractivity contribution in [2.45, 2.75) is 33.1 Å². The number of likely N-dealkylation sites (tertiary alicyclic amines) is 1. The van der Waals surface area contributed by atoms with Gasteiger partial charge in [-0.2, -0.15) is 0 Å². The topological polar surface area (TPSA) is 68.2 Å². The largest absolute Gasteiger partial charge is 0.343 e. The molecule has 0 bridgehead atoms. The molecular formula is C15H22N4O. The molecular weight excluding hydrogens is 252 g/mol. The van der Waals surface area contributed by atoms with Crippen LogP contribution in [0.1, 0.15) is 30.9 Å². The Labute approximate surface area is 119 Å². The molecule has 1 heterocycles. The molecule has 0 saturated carbocycles. The zero-order valence-electron chi connectivity index (χ0n) is 12.1. The minimum absolute atomic E-state index is 0.187. The van der Waals surface area contributed by atoms with E-state index in [0.717, 1.165) is 49.2 Å². The van der Waals surface area contributed by atoms with Crippen LogP contribution in [0, 0.1) is 12.3 Å². The van der Waals surface area contributed by atoms with Crippen LogP contribution in [-0.4, -0.2) is 30.0 Å². The maximum absolute atomic E-state index is 12.0. The number of nitrogens with one attached hydrogen (secondary N) is 3. The minimum atomic E-state index is -0.342. The van der Waals surface area contributed by atoms with E-state index >= 15 is 0 Å². The number of guanidine groups is 1. The Bertz CT molecular complexity index is 507. The molecule has 0 unspecified atom stereocenters. The predicted octanol–water partition coefficient (Wildman–Crippen LogP) is 2.71. The Kier molecular flexibility index (Phi) is 4.61. The van der Waals surface area contributed by atoms with E-state index in [0.29, 0.717) is 0 Å². The van der Waals surface area contributed by atoms with Crippen LogP contribution in [0.2, 0.25) is 0 Å². The van der Waals surface area contributed by atoms with Crippen molar-refractivity contribution < 1.29 is 4.79 Å². The Hall–Kier alpha value is -2.04. The second-order valence-electron chi connectivity index (χ2n) is 5.08. The van der Waals surface area contributed by atoms with Crippen LogP contribution in [0.5, 0.6) is 0 Å². The molecule has 1 saturated heterocycles. The molecule has 1 aromatic rings. The van der Waals surface area contributed by atoms with E-state index in [4.69, 9.17) is 5.41 Å². The number of hydrogen-bond acceptors (Lipinski definition) is 2. The summed E-state index contributed by atoms with van der Waals surface area (Å²) < 4.78 is 0. The van der Waals surface area contributed by atoms with Crippen molar-refractivity contribution in [3.63, 3.8) is 0 Å². The number of para-hydroxylation sites is 1. The molecule has 2 rings (SSSR count). The summed E-state index contributed by atoms with van der Waals surface area (Å²) in [6.45, 7) is 5.73. The number of amides is 2. The third-order valence-electron chi connectivity index (χ3n) is 3.63. The number of nitrogens with zero attached hydrogens (tertiary/aromatic N) is 1. The number of hydrogen-bond donors (Lipinski definition) is 3. The highest BCUT2D eigenvalue weighted by molar-refractivity contribution is 6.02. The van der Waals surface area contributed by atoms with Gasteiger partial charge in [0.15, 0.2) is 5.96 Å². The van der Waals surface area contributed by atoms with Crippen molar-refractivity contribution in [1.29, 1.82) is 5.41 Å². The first kappa shape index (κ1) is 14.4. The molecule has 1 aromatic carbocycles. The molecule has 1 aliphatic heterocycles. The molecule has 1 fully saturated rings. The first-order valence-electron chi connectivity index (χ1n) is 7.11. The van der Waals surface area contributed by atoms with E-state index in [1.807, 2.05) is 30.0 Å². The molecule has 108 valence electrons. The van der Waals surface area contributed by atoms with Crippen LogP contribution >= 0.6 is 0 Å². The lowest BCUT2D eigenvalue weighted by Gasteiger charge is -2.19. The van der Waals surface area contributed by atoms with Crippen molar-refractivity contribution in [3.8, 4) is 0 Å². The summed E-state index contributed by atoms with van der Waals surface area (Å²) in [6, 6.07) is 5.63. The fourth-order valence-corrected chi connectivity index (χ4v) is 2.47. The highest BCUT2D eigenvalue weighted by Crippen LogP contribution is 2.20. The minimum Gasteiger partial charge on any atom is -0.343 e. The maximum Gasteiger partial charge on any atom is 0.326 e. The Balaban J connectivity index is 1.99. The van der Waals surface area contributed by atoms with Gasteiger partial charge < -0.3 is 10.2 Å². The molecule has 0 atom stereocenters. The second kappa shape index (κ2) is 6.41. The number of anilines is 1. The van der Waals surface area contributed by atoms with Crippen molar-refractivity contribution >= 4 is 17.7 Å². The molecule has 20 heavy (non-hydrogen) atoms. The Morgan fingerprint density at radius 3 is 2.70 bits per heavy atom. The monoisotopic (exact) mass is 274 g/mol. The molecule has 0 spiro atoms. The third-order valence-corrected chi connectivity index (χ3v) is 3.63. The van der Waals surface area contributed by atoms with Crippen LogP contribution in [0.15, 0.2) is 18.2 Å². The first-order valence-corrected chi connectivity index (χ1v) is 7.11. The Morgan fingerprint density at radius 2 is 2.05 bits per heavy atom. The van der Waals surface area contributed by atoms with Gasteiger partial charge in [0.2, 0.25) is 0 Å². The van der Waals surface area contributed by atoms with Gasteiger partial charge in [0.25, 0.3) is 0 Å². The van der Waals surface area contributed by atoms with Gasteiger partial charge in [0.05, 0.1) is 0 Å². The molecule has 0 aromatic heterocycles. The SMILES string of the molecule is CCc1cccc(C)c1NC(=O)NC(=N)N1CCCC1. The zero-order valence-corrected chi connectivity index (χ0v) is 12.1. The molecule has 3 N–H and O–H groups in total. The number of carbonyl (C=O) groups excluding carboxylic acids is 1. The highest BCUT2D eigenvalue weighted by Gasteiger charge is 2.17. The quantitative estimate of drug-likeness (QED) is 0.573. The van der Waals surface area contributed by atoms with Crippen LogP contribution in [0.3, 0.4) is 0 Å². The van der Waals surface area contributed by atoms with Gasteiger partial charge in [-0.3, -0.25) is 10.7 Å². The summed E-state index contributed by atoms with van der Waals surface area (Å²) in [5.41, 5.74) is 2.99. The lowest BCUT2D eigenvalue weighted by Crippen LogP contribution is -2.44. The second-order valence-corrected chi connectivity index (χ2v) is 5.08. The van der Waals surface area contributed by atoms with Crippen LogP contribution in [0.25, 0.3) is 0 Å². The number of benzene rings is 1. The summed E-state index contributed by atoms with van der Waals surface area (Å²) in [7, 11) is 0. The molecule has 5 nitrogen and oxygen atoms in total. The summed E-state index contributed by atoms with van der Waals surface area (Å²) in [4.78, 5) is 13.9. The average molecular weight is 274 g/mol. The van der Waals surface area contributed by atoms with Crippen LogP contribution in [-0.2, 0) is 6.42 Å². The highest BCUT2D eigenvalue weighted by atomic mass is 16.2. The van der Waals surface area contributed by atoms with Gasteiger partial charge in [-0.25, -0.2) is 4.79 Å². The summed E-state index contributed by atoms with van der Waals surface area (Å²) in [6.07, 6.45) is 3.04. The van der Waals surface area contributed by atoms with E-state index in [9.17, 15) is 4.79 Å². The average Bonchev–Trinajstić information content (AvgIpc) is 2.95. The normalized spacial score (nSPS) is 14.2. The molecule has 1 aliphatic rings. The number of rotatable bonds is 2. The molecule has 2 amide bonds. The molecule has 0 aliphatic carbocycles. The first-order chi connectivity index (χ1) is 9.61. The summed E-state index contributed by atoms with van der Waals surface area (Å²) in [5.74, 6) is 0.187. The van der Waals surface area contributed by atoms with Crippen LogP contribution in [0.4, 0.5) is 10.5 Å². The lowest BCUT2D eigenvalue weighted by molar-refractivity contribution is 0.255. The van der Waals surface area contributed by atoms with Crippen molar-refractivity contribution in [3.05, 3.63) is 29.3 Å². The van der Waals surface area contributed by atoms with E-state index in [1.54, 1.807) is 0 Å². The predicted molar refractivity (Wildman–Crippen MR) is 81.2 cm³/mol. The van der Waals surface area contributed by atoms with E-state index in [-0.39, 0.29) is 12.0 Å². The Morgan fingerprint density at radius 1 is 1.35 bits per heavy atom. The summed E-state index contributed by atoms with van der Waals surface area (Å²) in [5, 5.41) is 13.4. The van der Waals surface area contributed by atoms with Gasteiger partial charge >= 0.3 is 6.03 Å². The fraction of sp³-hybridized carbons (Fsp3) is 0.467. The van der Waals surface area contributed by atoms with Gasteiger partial charge in [-0.1, -0.05) is 25.1 Å². The fourth-order valence-electron chi connectivity index (χ4n) is 2.47. The van der Waals surface area contributed by atoms with Crippen molar-refractivity contribution in [2.75, 3.05) is 18.4 Å². The van der Waals surface area contributed by atoms with Gasteiger partial charge in [0.1, 0.15) is 0 Å². The molecule has 0 radical (unpaired) electrons. The third kappa shape index (κ3) is 3.29. The smallest absolute Gasteiger partial charge is 0.326 e. The van der Waals surface area contributed by atoms with Crippen molar-refractivity contribution in [2.24, 2.45) is 0 Å².